The highest BCUT2D eigenvalue weighted by molar-refractivity contribution is 5.18. The molecule has 1 heterocycles. The van der Waals surface area contributed by atoms with Crippen molar-refractivity contribution < 1.29 is 9.57 Å². The van der Waals surface area contributed by atoms with Gasteiger partial charge in [-0.05, 0) is 12.5 Å². The summed E-state index contributed by atoms with van der Waals surface area (Å²) >= 11 is 0. The Morgan fingerprint density at radius 1 is 1.24 bits per heavy atom. The molecule has 0 amide bonds. The van der Waals surface area contributed by atoms with E-state index in [1.54, 1.807) is 0 Å². The quantitative estimate of drug-likeness (QED) is 0.857. The third-order valence-corrected chi connectivity index (χ3v) is 2.84. The number of hydrogen-bond acceptors (Lipinski definition) is 4. The van der Waals surface area contributed by atoms with E-state index in [0.717, 1.165) is 31.9 Å². The zero-order chi connectivity index (χ0) is 12.1. The van der Waals surface area contributed by atoms with Gasteiger partial charge in [0.05, 0.1) is 13.2 Å². The minimum atomic E-state index is -0.0886. The Morgan fingerprint density at radius 3 is 2.47 bits per heavy atom. The first kappa shape index (κ1) is 12.5. The molecule has 0 saturated carbocycles. The normalized spacial score (nSPS) is 21.1. The number of morpholine rings is 1. The van der Waals surface area contributed by atoms with Crippen LogP contribution in [-0.4, -0.2) is 37.4 Å². The lowest BCUT2D eigenvalue weighted by molar-refractivity contribution is -0.231. The van der Waals surface area contributed by atoms with Gasteiger partial charge in [-0.1, -0.05) is 30.3 Å². The average Bonchev–Trinajstić information content (AvgIpc) is 2.38. The summed E-state index contributed by atoms with van der Waals surface area (Å²) in [5, 5.41) is 1.95. The van der Waals surface area contributed by atoms with Crippen molar-refractivity contribution in [2.75, 3.05) is 26.3 Å². The van der Waals surface area contributed by atoms with Crippen LogP contribution in [0, 0.1) is 0 Å². The third-order valence-electron chi connectivity index (χ3n) is 2.84. The van der Waals surface area contributed by atoms with Crippen LogP contribution in [0.15, 0.2) is 30.3 Å². The topological polar surface area (TPSA) is 47.7 Å². The average molecular weight is 236 g/mol. The van der Waals surface area contributed by atoms with Gasteiger partial charge in [0.15, 0.2) is 0 Å². The molecule has 1 saturated heterocycles. The van der Waals surface area contributed by atoms with Crippen molar-refractivity contribution >= 4 is 0 Å². The van der Waals surface area contributed by atoms with Gasteiger partial charge in [0, 0.05) is 19.1 Å². The highest BCUT2D eigenvalue weighted by Gasteiger charge is 2.22. The van der Waals surface area contributed by atoms with Crippen molar-refractivity contribution in [1.82, 2.24) is 5.06 Å². The fourth-order valence-corrected chi connectivity index (χ4v) is 1.92. The molecule has 1 aromatic rings. The molecule has 1 aliphatic rings. The second-order valence-corrected chi connectivity index (χ2v) is 4.34. The third kappa shape index (κ3) is 3.51. The van der Waals surface area contributed by atoms with Crippen molar-refractivity contribution in [3.05, 3.63) is 35.9 Å². The molecular formula is C13H20N2O2. The Hall–Kier alpha value is -0.940. The van der Waals surface area contributed by atoms with E-state index >= 15 is 0 Å². The summed E-state index contributed by atoms with van der Waals surface area (Å²) in [5.74, 6) is 0. The maximum absolute atomic E-state index is 6.00. The highest BCUT2D eigenvalue weighted by Crippen LogP contribution is 2.21. The molecule has 0 spiro atoms. The van der Waals surface area contributed by atoms with Crippen LogP contribution in [0.2, 0.25) is 0 Å². The van der Waals surface area contributed by atoms with Crippen LogP contribution >= 0.6 is 0 Å². The van der Waals surface area contributed by atoms with E-state index in [4.69, 9.17) is 15.3 Å². The van der Waals surface area contributed by atoms with Crippen LogP contribution < -0.4 is 5.73 Å². The molecule has 0 radical (unpaired) electrons. The molecular weight excluding hydrogens is 216 g/mol. The number of hydrogen-bond donors (Lipinski definition) is 1. The maximum Gasteiger partial charge on any atom is 0.119 e. The van der Waals surface area contributed by atoms with Crippen molar-refractivity contribution in [3.63, 3.8) is 0 Å². The summed E-state index contributed by atoms with van der Waals surface area (Å²) in [6.45, 7) is 5.02. The first-order valence-electron chi connectivity index (χ1n) is 6.07. The van der Waals surface area contributed by atoms with E-state index in [1.165, 1.54) is 0 Å². The number of nitrogens with two attached hydrogens (primary N) is 1. The second kappa shape index (κ2) is 6.12. The first-order valence-corrected chi connectivity index (χ1v) is 6.07. The fraction of sp³-hybridized carbons (Fsp3) is 0.538. The second-order valence-electron chi connectivity index (χ2n) is 4.34. The van der Waals surface area contributed by atoms with Crippen LogP contribution in [-0.2, 0) is 9.57 Å². The van der Waals surface area contributed by atoms with Crippen LogP contribution in [0.5, 0.6) is 0 Å². The summed E-state index contributed by atoms with van der Waals surface area (Å²) in [6.07, 6.45) is -0.0886. The predicted octanol–water partition coefficient (Wildman–Crippen LogP) is 1.34. The molecule has 1 fully saturated rings. The lowest BCUT2D eigenvalue weighted by atomic mass is 10.0. The van der Waals surface area contributed by atoms with Crippen LogP contribution in [0.1, 0.15) is 18.6 Å². The van der Waals surface area contributed by atoms with Gasteiger partial charge in [-0.25, -0.2) is 0 Å². The van der Waals surface area contributed by atoms with E-state index in [-0.39, 0.29) is 12.1 Å². The molecule has 1 aliphatic heterocycles. The van der Waals surface area contributed by atoms with Crippen molar-refractivity contribution in [2.45, 2.75) is 19.1 Å². The lowest BCUT2D eigenvalue weighted by Gasteiger charge is -2.32. The molecule has 2 rings (SSSR count). The highest BCUT2D eigenvalue weighted by atomic mass is 16.7. The van der Waals surface area contributed by atoms with E-state index in [9.17, 15) is 0 Å². The number of nitrogens with zero attached hydrogens (tertiary/aromatic N) is 1. The fourth-order valence-electron chi connectivity index (χ4n) is 1.92. The standard InChI is InChI=1S/C13H20N2O2/c1-11(14)13(12-5-3-2-4-6-12)17-15-7-9-16-10-8-15/h2-6,11,13H,7-10,14H2,1H3. The Bertz CT molecular complexity index is 323. The van der Waals surface area contributed by atoms with E-state index in [0.29, 0.717) is 0 Å². The zero-order valence-electron chi connectivity index (χ0n) is 10.2. The number of rotatable bonds is 4. The Balaban J connectivity index is 2.02. The Kier molecular flexibility index (Phi) is 4.50. The van der Waals surface area contributed by atoms with Crippen molar-refractivity contribution in [2.24, 2.45) is 5.73 Å². The molecule has 0 aliphatic carbocycles. The van der Waals surface area contributed by atoms with E-state index in [2.05, 4.69) is 12.1 Å². The lowest BCUT2D eigenvalue weighted by Crippen LogP contribution is -2.40. The first-order chi connectivity index (χ1) is 8.27. The minimum absolute atomic E-state index is 0.0414. The zero-order valence-corrected chi connectivity index (χ0v) is 10.2. The van der Waals surface area contributed by atoms with Gasteiger partial charge >= 0.3 is 0 Å². The van der Waals surface area contributed by atoms with Gasteiger partial charge < -0.3 is 10.5 Å². The largest absolute Gasteiger partial charge is 0.379 e. The Morgan fingerprint density at radius 2 is 1.88 bits per heavy atom. The van der Waals surface area contributed by atoms with E-state index < -0.39 is 0 Å². The molecule has 0 bridgehead atoms. The summed E-state index contributed by atoms with van der Waals surface area (Å²) in [6, 6.07) is 10.1. The molecule has 17 heavy (non-hydrogen) atoms. The summed E-state index contributed by atoms with van der Waals surface area (Å²) in [7, 11) is 0. The van der Waals surface area contributed by atoms with Gasteiger partial charge in [-0.2, -0.15) is 5.06 Å². The molecule has 4 nitrogen and oxygen atoms in total. The number of hydroxylamine groups is 2. The van der Waals surface area contributed by atoms with E-state index in [1.807, 2.05) is 30.2 Å². The SMILES string of the molecule is CC(N)C(ON1CCOCC1)c1ccccc1. The van der Waals surface area contributed by atoms with Crippen LogP contribution in [0.4, 0.5) is 0 Å². The van der Waals surface area contributed by atoms with Gasteiger partial charge in [0.2, 0.25) is 0 Å². The number of benzene rings is 1. The van der Waals surface area contributed by atoms with Gasteiger partial charge in [-0.3, -0.25) is 4.84 Å². The molecule has 4 heteroatoms. The monoisotopic (exact) mass is 236 g/mol. The van der Waals surface area contributed by atoms with Gasteiger partial charge in [-0.15, -0.1) is 0 Å². The summed E-state index contributed by atoms with van der Waals surface area (Å²) < 4.78 is 5.29. The Labute approximate surface area is 102 Å². The summed E-state index contributed by atoms with van der Waals surface area (Å²) in [4.78, 5) is 5.97. The number of ether oxygens (including phenoxy) is 1. The van der Waals surface area contributed by atoms with Gasteiger partial charge in [0.25, 0.3) is 0 Å². The van der Waals surface area contributed by atoms with Gasteiger partial charge in [0.1, 0.15) is 6.10 Å². The van der Waals surface area contributed by atoms with Crippen LogP contribution in [0.25, 0.3) is 0 Å². The predicted molar refractivity (Wildman–Crippen MR) is 66.3 cm³/mol. The molecule has 0 aromatic heterocycles. The molecule has 1 aromatic carbocycles. The summed E-state index contributed by atoms with van der Waals surface area (Å²) in [5.41, 5.74) is 7.12. The minimum Gasteiger partial charge on any atom is -0.379 e. The van der Waals surface area contributed by atoms with Crippen molar-refractivity contribution in [3.8, 4) is 0 Å². The molecule has 2 unspecified atom stereocenters. The van der Waals surface area contributed by atoms with Crippen molar-refractivity contribution in [1.29, 1.82) is 0 Å². The molecule has 94 valence electrons. The van der Waals surface area contributed by atoms with Crippen LogP contribution in [0.3, 0.4) is 0 Å². The molecule has 2 N–H and O–H groups in total. The smallest absolute Gasteiger partial charge is 0.119 e. The maximum atomic E-state index is 6.00. The molecule has 2 atom stereocenters.